The normalized spacial score (nSPS) is 14.7. The van der Waals surface area contributed by atoms with Crippen LogP contribution < -0.4 is 0 Å². The van der Waals surface area contributed by atoms with Crippen molar-refractivity contribution in [2.45, 2.75) is 91.5 Å². The van der Waals surface area contributed by atoms with Crippen molar-refractivity contribution in [2.24, 2.45) is 0 Å². The van der Waals surface area contributed by atoms with Gasteiger partial charge in [0, 0.05) is 6.92 Å². The lowest BCUT2D eigenvalue weighted by Gasteiger charge is -2.37. The van der Waals surface area contributed by atoms with Crippen molar-refractivity contribution in [1.82, 2.24) is 0 Å². The number of carbonyl (C=O) groups excluding carboxylic acids is 1. The molecule has 0 rings (SSSR count). The third-order valence-electron chi connectivity index (χ3n) is 4.94. The predicted molar refractivity (Wildman–Crippen MR) is 110 cm³/mol. The summed E-state index contributed by atoms with van der Waals surface area (Å²) in [6.07, 6.45) is 7.36. The molecular formula is C21H37NO3Si. The van der Waals surface area contributed by atoms with Gasteiger partial charge >= 0.3 is 5.97 Å². The van der Waals surface area contributed by atoms with Crippen molar-refractivity contribution in [1.29, 1.82) is 5.26 Å². The topological polar surface area (TPSA) is 59.3 Å². The molecule has 26 heavy (non-hydrogen) atoms. The highest BCUT2D eigenvalue weighted by atomic mass is 28.4. The Bertz CT molecular complexity index is 551. The second-order valence-electron chi connectivity index (χ2n) is 8.48. The SMILES string of the molecule is CC(=O)OC/C=C(\C)CC/C=C(\C)CCC(C#N)O[Si](C)(C)C(C)(C)C. The van der Waals surface area contributed by atoms with Gasteiger partial charge in [0.25, 0.3) is 0 Å². The first kappa shape index (κ1) is 24.6. The monoisotopic (exact) mass is 379 g/mol. The van der Waals surface area contributed by atoms with E-state index in [2.05, 4.69) is 52.9 Å². The lowest BCUT2D eigenvalue weighted by molar-refractivity contribution is -0.139. The van der Waals surface area contributed by atoms with Gasteiger partial charge in [-0.3, -0.25) is 4.79 Å². The largest absolute Gasteiger partial charge is 0.462 e. The lowest BCUT2D eigenvalue weighted by Crippen LogP contribution is -2.43. The molecule has 0 bridgehead atoms. The summed E-state index contributed by atoms with van der Waals surface area (Å²) in [6, 6.07) is 2.33. The maximum Gasteiger partial charge on any atom is 0.302 e. The Labute approximate surface area is 161 Å². The van der Waals surface area contributed by atoms with Crippen LogP contribution in [0.15, 0.2) is 23.3 Å². The van der Waals surface area contributed by atoms with Crippen LogP contribution in [0.25, 0.3) is 0 Å². The van der Waals surface area contributed by atoms with Gasteiger partial charge < -0.3 is 9.16 Å². The molecule has 0 aromatic rings. The van der Waals surface area contributed by atoms with Gasteiger partial charge in [0.15, 0.2) is 8.32 Å². The van der Waals surface area contributed by atoms with Crippen LogP contribution in [0.3, 0.4) is 0 Å². The second kappa shape index (κ2) is 11.4. The van der Waals surface area contributed by atoms with E-state index in [0.717, 1.165) is 25.7 Å². The van der Waals surface area contributed by atoms with Crippen molar-refractivity contribution in [3.8, 4) is 6.07 Å². The van der Waals surface area contributed by atoms with Gasteiger partial charge in [-0.1, -0.05) is 38.0 Å². The highest BCUT2D eigenvalue weighted by Gasteiger charge is 2.39. The highest BCUT2D eigenvalue weighted by molar-refractivity contribution is 6.74. The fourth-order valence-corrected chi connectivity index (χ4v) is 3.33. The average Bonchev–Trinajstić information content (AvgIpc) is 2.49. The molecule has 1 unspecified atom stereocenters. The zero-order valence-electron chi connectivity index (χ0n) is 17.9. The third kappa shape index (κ3) is 10.6. The summed E-state index contributed by atoms with van der Waals surface area (Å²) in [6.45, 7) is 16.9. The van der Waals surface area contributed by atoms with Gasteiger partial charge in [0.1, 0.15) is 12.7 Å². The van der Waals surface area contributed by atoms with E-state index in [9.17, 15) is 10.1 Å². The number of nitrogens with zero attached hydrogens (tertiary/aromatic N) is 1. The minimum atomic E-state index is -1.91. The van der Waals surface area contributed by atoms with Crippen LogP contribution in [0.2, 0.25) is 18.1 Å². The maximum absolute atomic E-state index is 10.7. The molecule has 0 fully saturated rings. The van der Waals surface area contributed by atoms with E-state index >= 15 is 0 Å². The summed E-state index contributed by atoms with van der Waals surface area (Å²) < 4.78 is 11.1. The van der Waals surface area contributed by atoms with E-state index in [-0.39, 0.29) is 17.1 Å². The summed E-state index contributed by atoms with van der Waals surface area (Å²) >= 11 is 0. The van der Waals surface area contributed by atoms with E-state index in [1.54, 1.807) is 0 Å². The maximum atomic E-state index is 10.7. The van der Waals surface area contributed by atoms with E-state index in [1.165, 1.54) is 18.1 Å². The number of nitriles is 1. The summed E-state index contributed by atoms with van der Waals surface area (Å²) in [5.74, 6) is -0.253. The van der Waals surface area contributed by atoms with Crippen LogP contribution in [0.1, 0.15) is 67.2 Å². The van der Waals surface area contributed by atoms with Crippen LogP contribution in [0, 0.1) is 11.3 Å². The van der Waals surface area contributed by atoms with E-state index in [0.29, 0.717) is 6.61 Å². The van der Waals surface area contributed by atoms with Gasteiger partial charge in [0.05, 0.1) is 6.07 Å². The summed E-state index contributed by atoms with van der Waals surface area (Å²) in [5, 5.41) is 9.54. The molecule has 0 aromatic heterocycles. The third-order valence-corrected chi connectivity index (χ3v) is 9.42. The number of rotatable bonds is 10. The molecule has 0 N–H and O–H groups in total. The smallest absolute Gasteiger partial charge is 0.302 e. The molecule has 5 heteroatoms. The van der Waals surface area contributed by atoms with Gasteiger partial charge in [-0.25, -0.2) is 0 Å². The number of allylic oxidation sites excluding steroid dienone is 3. The molecule has 0 heterocycles. The molecular weight excluding hydrogens is 342 g/mol. The first-order valence-electron chi connectivity index (χ1n) is 9.41. The van der Waals surface area contributed by atoms with Crippen LogP contribution >= 0.6 is 0 Å². The summed E-state index contributed by atoms with van der Waals surface area (Å²) in [5.41, 5.74) is 2.50. The lowest BCUT2D eigenvalue weighted by atomic mass is 10.1. The van der Waals surface area contributed by atoms with Crippen molar-refractivity contribution >= 4 is 14.3 Å². The van der Waals surface area contributed by atoms with Crippen molar-refractivity contribution in [3.05, 3.63) is 23.3 Å². The van der Waals surface area contributed by atoms with Gasteiger partial charge in [0.2, 0.25) is 0 Å². The molecule has 0 aliphatic heterocycles. The molecule has 0 saturated carbocycles. The predicted octanol–water partition coefficient (Wildman–Crippen LogP) is 5.92. The van der Waals surface area contributed by atoms with Crippen LogP contribution in [-0.4, -0.2) is 27.0 Å². The molecule has 4 nitrogen and oxygen atoms in total. The Morgan fingerprint density at radius 3 is 2.19 bits per heavy atom. The Morgan fingerprint density at radius 2 is 1.69 bits per heavy atom. The van der Waals surface area contributed by atoms with E-state index in [4.69, 9.17) is 9.16 Å². The molecule has 0 aliphatic rings. The Hall–Kier alpha value is -1.38. The van der Waals surface area contributed by atoms with Crippen LogP contribution in [-0.2, 0) is 14.0 Å². The molecule has 0 radical (unpaired) electrons. The zero-order chi connectivity index (χ0) is 20.4. The van der Waals surface area contributed by atoms with Crippen LogP contribution in [0.4, 0.5) is 0 Å². The van der Waals surface area contributed by atoms with E-state index in [1.807, 2.05) is 13.0 Å². The minimum Gasteiger partial charge on any atom is -0.462 e. The van der Waals surface area contributed by atoms with Crippen molar-refractivity contribution in [2.75, 3.05) is 6.61 Å². The van der Waals surface area contributed by atoms with Gasteiger partial charge in [-0.15, -0.1) is 0 Å². The number of ether oxygens (including phenoxy) is 1. The Morgan fingerprint density at radius 1 is 1.12 bits per heavy atom. The first-order valence-corrected chi connectivity index (χ1v) is 12.3. The first-order chi connectivity index (χ1) is 11.9. The zero-order valence-corrected chi connectivity index (χ0v) is 18.9. The van der Waals surface area contributed by atoms with Crippen molar-refractivity contribution in [3.63, 3.8) is 0 Å². The number of hydrogen-bond donors (Lipinski definition) is 0. The molecule has 0 saturated heterocycles. The number of esters is 1. The molecule has 0 spiro atoms. The Balaban J connectivity index is 4.37. The molecule has 148 valence electrons. The van der Waals surface area contributed by atoms with E-state index < -0.39 is 8.32 Å². The molecule has 0 aliphatic carbocycles. The molecule has 0 aromatic carbocycles. The highest BCUT2D eigenvalue weighted by Crippen LogP contribution is 2.37. The molecule has 0 amide bonds. The molecule has 1 atom stereocenters. The number of hydrogen-bond acceptors (Lipinski definition) is 4. The van der Waals surface area contributed by atoms with Crippen molar-refractivity contribution < 1.29 is 14.0 Å². The fourth-order valence-electron chi connectivity index (χ4n) is 2.09. The summed E-state index contributed by atoms with van der Waals surface area (Å²) in [7, 11) is -1.91. The standard InChI is InChI=1S/C21H37NO3Si/c1-17(10-9-11-18(2)14-15-24-19(3)23)12-13-20(16-22)25-26(7,8)21(4,5)6/h10,14,20H,9,11-13,15H2,1-8H3/b17-10+,18-14+. The Kier molecular flexibility index (Phi) is 10.8. The van der Waals surface area contributed by atoms with Crippen LogP contribution in [0.5, 0.6) is 0 Å². The fraction of sp³-hybridized carbons (Fsp3) is 0.714. The van der Waals surface area contributed by atoms with Gasteiger partial charge in [-0.05, 0) is 63.7 Å². The minimum absolute atomic E-state index is 0.114. The quantitative estimate of drug-likeness (QED) is 0.269. The number of carbonyl (C=O) groups is 1. The second-order valence-corrected chi connectivity index (χ2v) is 13.2. The summed E-state index contributed by atoms with van der Waals surface area (Å²) in [4.78, 5) is 10.7. The average molecular weight is 380 g/mol. The van der Waals surface area contributed by atoms with Gasteiger partial charge in [-0.2, -0.15) is 5.26 Å².